The minimum atomic E-state index is -0.0903. The van der Waals surface area contributed by atoms with Crippen molar-refractivity contribution in [2.45, 2.75) is 13.8 Å². The average Bonchev–Trinajstić information content (AvgIpc) is 3.29. The summed E-state index contributed by atoms with van der Waals surface area (Å²) in [6.45, 7) is 5.14. The molecule has 0 spiro atoms. The molecule has 0 bridgehead atoms. The van der Waals surface area contributed by atoms with Gasteiger partial charge in [-0.15, -0.1) is 10.2 Å². The maximum atomic E-state index is 13.1. The van der Waals surface area contributed by atoms with Crippen molar-refractivity contribution in [3.63, 3.8) is 0 Å². The molecule has 0 aliphatic carbocycles. The molecule has 0 aliphatic rings. The molecule has 0 saturated heterocycles. The summed E-state index contributed by atoms with van der Waals surface area (Å²) in [5.41, 5.74) is 2.98. The number of ether oxygens (including phenoxy) is 1. The Morgan fingerprint density at radius 3 is 2.30 bits per heavy atom. The van der Waals surface area contributed by atoms with Crippen LogP contribution >= 0.6 is 0 Å². The van der Waals surface area contributed by atoms with Crippen LogP contribution in [0.3, 0.4) is 0 Å². The Morgan fingerprint density at radius 1 is 0.970 bits per heavy atom. The second-order valence-electron chi connectivity index (χ2n) is 7.29. The first-order valence-electron chi connectivity index (χ1n) is 10.8. The largest absolute Gasteiger partial charge is 0.497 e. The summed E-state index contributed by atoms with van der Waals surface area (Å²) < 4.78 is 6.91. The summed E-state index contributed by atoms with van der Waals surface area (Å²) in [5.74, 6) is 1.75. The first-order chi connectivity index (χ1) is 16.1. The highest BCUT2D eigenvalue weighted by atomic mass is 16.5. The second-order valence-corrected chi connectivity index (χ2v) is 7.29. The van der Waals surface area contributed by atoms with E-state index in [0.29, 0.717) is 30.3 Å². The number of hydrogen-bond donors (Lipinski definition) is 1. The van der Waals surface area contributed by atoms with Crippen LogP contribution < -0.4 is 10.1 Å². The fourth-order valence-electron chi connectivity index (χ4n) is 3.51. The van der Waals surface area contributed by atoms with Crippen molar-refractivity contribution in [3.8, 4) is 22.7 Å². The molecule has 0 radical (unpaired) electrons. The van der Waals surface area contributed by atoms with Crippen molar-refractivity contribution in [3.05, 3.63) is 78.5 Å². The van der Waals surface area contributed by atoms with Gasteiger partial charge in [-0.1, -0.05) is 18.2 Å². The molecule has 33 heavy (non-hydrogen) atoms. The number of hydrogen-bond acceptors (Lipinski definition) is 6. The van der Waals surface area contributed by atoms with E-state index in [4.69, 9.17) is 4.74 Å². The molecule has 8 nitrogen and oxygen atoms in total. The van der Waals surface area contributed by atoms with Crippen LogP contribution in [0.5, 0.6) is 5.75 Å². The van der Waals surface area contributed by atoms with Crippen LogP contribution in [0.2, 0.25) is 0 Å². The maximum absolute atomic E-state index is 13.1. The van der Waals surface area contributed by atoms with E-state index < -0.39 is 0 Å². The fourth-order valence-corrected chi connectivity index (χ4v) is 3.51. The predicted octanol–water partition coefficient (Wildman–Crippen LogP) is 4.56. The molecule has 0 unspecified atom stereocenters. The van der Waals surface area contributed by atoms with Crippen molar-refractivity contribution in [2.24, 2.45) is 0 Å². The summed E-state index contributed by atoms with van der Waals surface area (Å²) >= 11 is 0. The SMILES string of the molecule is CCN(CC)C(=O)c1cnn(-c2ccccc2)c1Nc1ccc(-c2ccc(OC)cc2)nn1. The zero-order valence-electron chi connectivity index (χ0n) is 18.9. The highest BCUT2D eigenvalue weighted by molar-refractivity contribution is 5.99. The minimum Gasteiger partial charge on any atom is -0.497 e. The van der Waals surface area contributed by atoms with Crippen LogP contribution in [0.1, 0.15) is 24.2 Å². The minimum absolute atomic E-state index is 0.0903. The average molecular weight is 443 g/mol. The van der Waals surface area contributed by atoms with E-state index in [2.05, 4.69) is 20.6 Å². The van der Waals surface area contributed by atoms with E-state index in [1.54, 1.807) is 22.9 Å². The molecule has 1 N–H and O–H groups in total. The highest BCUT2D eigenvalue weighted by Crippen LogP contribution is 2.26. The van der Waals surface area contributed by atoms with Crippen molar-refractivity contribution in [1.82, 2.24) is 24.9 Å². The molecule has 2 aromatic carbocycles. The van der Waals surface area contributed by atoms with Gasteiger partial charge in [0.1, 0.15) is 17.1 Å². The molecule has 2 aromatic heterocycles. The van der Waals surface area contributed by atoms with Gasteiger partial charge in [-0.3, -0.25) is 4.79 Å². The van der Waals surface area contributed by atoms with E-state index in [1.807, 2.05) is 80.6 Å². The Hall–Kier alpha value is -4.20. The molecule has 1 amide bonds. The van der Waals surface area contributed by atoms with Gasteiger partial charge in [0.25, 0.3) is 5.91 Å². The number of anilines is 2. The summed E-state index contributed by atoms with van der Waals surface area (Å²) in [6, 6.07) is 21.0. The van der Waals surface area contributed by atoms with Crippen molar-refractivity contribution >= 4 is 17.5 Å². The van der Waals surface area contributed by atoms with Gasteiger partial charge in [0, 0.05) is 18.7 Å². The van der Waals surface area contributed by atoms with Gasteiger partial charge in [-0.05, 0) is 62.4 Å². The summed E-state index contributed by atoms with van der Waals surface area (Å²) in [5, 5.41) is 16.4. The van der Waals surface area contributed by atoms with Crippen LogP contribution in [0.4, 0.5) is 11.6 Å². The third-order valence-electron chi connectivity index (χ3n) is 5.35. The van der Waals surface area contributed by atoms with Crippen LogP contribution in [0, 0.1) is 0 Å². The smallest absolute Gasteiger partial charge is 0.259 e. The predicted molar refractivity (Wildman–Crippen MR) is 128 cm³/mol. The number of rotatable bonds is 8. The maximum Gasteiger partial charge on any atom is 0.259 e. The molecule has 168 valence electrons. The van der Waals surface area contributed by atoms with Crippen LogP contribution in [0.15, 0.2) is 72.9 Å². The second kappa shape index (κ2) is 9.95. The molecule has 2 heterocycles. The number of para-hydroxylation sites is 1. The van der Waals surface area contributed by atoms with Crippen LogP contribution in [0.25, 0.3) is 16.9 Å². The monoisotopic (exact) mass is 442 g/mol. The van der Waals surface area contributed by atoms with Gasteiger partial charge < -0.3 is 15.0 Å². The van der Waals surface area contributed by atoms with E-state index in [0.717, 1.165) is 22.7 Å². The van der Waals surface area contributed by atoms with Gasteiger partial charge >= 0.3 is 0 Å². The van der Waals surface area contributed by atoms with Gasteiger partial charge in [0.05, 0.1) is 24.7 Å². The number of amides is 1. The molecule has 0 saturated carbocycles. The standard InChI is InChI=1S/C25H26N6O2/c1-4-30(5-2)25(32)21-17-26-31(19-9-7-6-8-10-19)24(21)27-23-16-15-22(28-29-23)18-11-13-20(33-3)14-12-18/h6-17H,4-5H2,1-3H3,(H,27,29). The normalized spacial score (nSPS) is 10.6. The summed E-state index contributed by atoms with van der Waals surface area (Å²) in [4.78, 5) is 14.9. The first kappa shape index (κ1) is 22.0. The van der Waals surface area contributed by atoms with Gasteiger partial charge in [0.2, 0.25) is 0 Å². The zero-order valence-corrected chi connectivity index (χ0v) is 18.9. The van der Waals surface area contributed by atoms with E-state index in [9.17, 15) is 4.79 Å². The number of carbonyl (C=O) groups excluding carboxylic acids is 1. The lowest BCUT2D eigenvalue weighted by atomic mass is 10.1. The molecule has 4 rings (SSSR count). The Morgan fingerprint density at radius 2 is 1.70 bits per heavy atom. The van der Waals surface area contributed by atoms with E-state index in [-0.39, 0.29) is 5.91 Å². The Bertz CT molecular complexity index is 1200. The molecular weight excluding hydrogens is 416 g/mol. The number of carbonyl (C=O) groups is 1. The lowest BCUT2D eigenvalue weighted by Gasteiger charge is -2.19. The van der Waals surface area contributed by atoms with Gasteiger partial charge in [0.15, 0.2) is 5.82 Å². The highest BCUT2D eigenvalue weighted by Gasteiger charge is 2.22. The zero-order chi connectivity index (χ0) is 23.2. The van der Waals surface area contributed by atoms with E-state index >= 15 is 0 Å². The lowest BCUT2D eigenvalue weighted by molar-refractivity contribution is 0.0774. The van der Waals surface area contributed by atoms with Gasteiger partial charge in [-0.25, -0.2) is 4.68 Å². The lowest BCUT2D eigenvalue weighted by Crippen LogP contribution is -2.30. The number of benzene rings is 2. The number of methoxy groups -OCH3 is 1. The van der Waals surface area contributed by atoms with Crippen molar-refractivity contribution < 1.29 is 9.53 Å². The topological polar surface area (TPSA) is 85.2 Å². The third kappa shape index (κ3) is 4.69. The first-order valence-corrected chi connectivity index (χ1v) is 10.8. The van der Waals surface area contributed by atoms with Crippen molar-refractivity contribution in [1.29, 1.82) is 0 Å². The summed E-state index contributed by atoms with van der Waals surface area (Å²) in [7, 11) is 1.63. The third-order valence-corrected chi connectivity index (χ3v) is 5.35. The Kier molecular flexibility index (Phi) is 6.64. The molecule has 0 fully saturated rings. The van der Waals surface area contributed by atoms with Gasteiger partial charge in [-0.2, -0.15) is 5.10 Å². The quantitative estimate of drug-likeness (QED) is 0.430. The van der Waals surface area contributed by atoms with E-state index in [1.165, 1.54) is 0 Å². The molecular formula is C25H26N6O2. The Balaban J connectivity index is 1.67. The van der Waals surface area contributed by atoms with Crippen LogP contribution in [-0.2, 0) is 0 Å². The van der Waals surface area contributed by atoms with Crippen molar-refractivity contribution in [2.75, 3.05) is 25.5 Å². The Labute approximate surface area is 192 Å². The number of nitrogens with one attached hydrogen (secondary N) is 1. The number of aromatic nitrogens is 4. The fraction of sp³-hybridized carbons (Fsp3) is 0.200. The molecule has 8 heteroatoms. The molecule has 0 atom stereocenters. The number of nitrogens with zero attached hydrogens (tertiary/aromatic N) is 5. The molecule has 4 aromatic rings. The van der Waals surface area contributed by atoms with Crippen LogP contribution in [-0.4, -0.2) is 51.0 Å². The summed E-state index contributed by atoms with van der Waals surface area (Å²) in [6.07, 6.45) is 1.59. The molecule has 0 aliphatic heterocycles.